The molecular weight excluding hydrogens is 300 g/mol. The fourth-order valence-electron chi connectivity index (χ4n) is 2.79. The summed E-state index contributed by atoms with van der Waals surface area (Å²) in [4.78, 5) is 19.6. The molecule has 0 bridgehead atoms. The first-order valence-corrected chi connectivity index (χ1v) is 8.45. The maximum atomic E-state index is 11.7. The average Bonchev–Trinajstić information content (AvgIpc) is 3.19. The van der Waals surface area contributed by atoms with Crippen molar-refractivity contribution in [2.24, 2.45) is 0 Å². The summed E-state index contributed by atoms with van der Waals surface area (Å²) in [7, 11) is 0. The second-order valence-corrected chi connectivity index (χ2v) is 6.40. The topological polar surface area (TPSA) is 60.2 Å². The molecule has 0 unspecified atom stereocenters. The van der Waals surface area contributed by atoms with Gasteiger partial charge in [-0.3, -0.25) is 14.6 Å². The molecule has 2 aromatic heterocycles. The lowest BCUT2D eigenvalue weighted by molar-refractivity contribution is 0.0526. The Kier molecular flexibility index (Phi) is 4.84. The molecule has 1 atom stereocenters. The van der Waals surface area contributed by atoms with Gasteiger partial charge in [-0.2, -0.15) is 5.10 Å². The summed E-state index contributed by atoms with van der Waals surface area (Å²) in [5.74, 6) is -0.300. The first kappa shape index (κ1) is 15.2. The molecule has 0 radical (unpaired) electrons. The molecule has 0 aromatic carbocycles. The van der Waals surface area contributed by atoms with Gasteiger partial charge in [-0.15, -0.1) is 11.3 Å². The molecule has 0 spiro atoms. The number of hydrogen-bond donors (Lipinski definition) is 0. The third-order valence-electron chi connectivity index (χ3n) is 3.83. The number of nitrogens with zero attached hydrogens (tertiary/aromatic N) is 4. The van der Waals surface area contributed by atoms with E-state index in [2.05, 4.69) is 15.0 Å². The molecule has 0 aliphatic carbocycles. The van der Waals surface area contributed by atoms with Crippen LogP contribution < -0.4 is 0 Å². The molecule has 6 nitrogen and oxygen atoms in total. The molecule has 0 amide bonds. The van der Waals surface area contributed by atoms with Crippen molar-refractivity contribution in [2.45, 2.75) is 32.4 Å². The molecule has 3 heterocycles. The van der Waals surface area contributed by atoms with E-state index in [1.165, 1.54) is 4.88 Å². The van der Waals surface area contributed by atoms with Gasteiger partial charge >= 0.3 is 5.97 Å². The summed E-state index contributed by atoms with van der Waals surface area (Å²) >= 11 is 1.69. The van der Waals surface area contributed by atoms with Crippen molar-refractivity contribution in [3.05, 3.63) is 34.5 Å². The van der Waals surface area contributed by atoms with Crippen molar-refractivity contribution < 1.29 is 9.53 Å². The van der Waals surface area contributed by atoms with Crippen molar-refractivity contribution in [3.63, 3.8) is 0 Å². The average molecular weight is 320 g/mol. The van der Waals surface area contributed by atoms with Crippen LogP contribution in [0.3, 0.4) is 0 Å². The van der Waals surface area contributed by atoms with E-state index in [0.717, 1.165) is 32.5 Å². The zero-order chi connectivity index (χ0) is 15.4. The lowest BCUT2D eigenvalue weighted by Crippen LogP contribution is -2.36. The number of thiazole rings is 1. The lowest BCUT2D eigenvalue weighted by atomic mass is 10.1. The standard InChI is InChI=1S/C15H20N4O2S/c1-2-21-15(20)12-6-17-19(8-12)13-4-3-5-18(9-13)10-14-7-16-11-22-14/h6-8,11,13H,2-5,9-10H2,1H3/t13-/m0/s1. The van der Waals surface area contributed by atoms with E-state index in [4.69, 9.17) is 4.74 Å². The molecule has 22 heavy (non-hydrogen) atoms. The van der Waals surface area contributed by atoms with Crippen LogP contribution in [0, 0.1) is 0 Å². The summed E-state index contributed by atoms with van der Waals surface area (Å²) in [6.07, 6.45) is 7.56. The molecule has 3 rings (SSSR count). The Labute approximate surface area is 133 Å². The number of carbonyl (C=O) groups excluding carboxylic acids is 1. The van der Waals surface area contributed by atoms with Crippen LogP contribution in [0.2, 0.25) is 0 Å². The first-order chi connectivity index (χ1) is 10.8. The number of rotatable bonds is 5. The minimum Gasteiger partial charge on any atom is -0.462 e. The Morgan fingerprint density at radius 2 is 2.41 bits per heavy atom. The first-order valence-electron chi connectivity index (χ1n) is 7.57. The Morgan fingerprint density at radius 1 is 1.50 bits per heavy atom. The Morgan fingerprint density at radius 3 is 3.18 bits per heavy atom. The van der Waals surface area contributed by atoms with Crippen LogP contribution in [0.5, 0.6) is 0 Å². The maximum Gasteiger partial charge on any atom is 0.341 e. The number of esters is 1. The van der Waals surface area contributed by atoms with Gasteiger partial charge in [0.25, 0.3) is 0 Å². The minimum atomic E-state index is -0.300. The third-order valence-corrected chi connectivity index (χ3v) is 4.59. The van der Waals surface area contributed by atoms with Crippen LogP contribution in [0.15, 0.2) is 24.1 Å². The van der Waals surface area contributed by atoms with Gasteiger partial charge in [0.2, 0.25) is 0 Å². The molecular formula is C15H20N4O2S. The van der Waals surface area contributed by atoms with Crippen LogP contribution in [-0.2, 0) is 11.3 Å². The summed E-state index contributed by atoms with van der Waals surface area (Å²) < 4.78 is 6.92. The van der Waals surface area contributed by atoms with E-state index in [1.54, 1.807) is 30.7 Å². The van der Waals surface area contributed by atoms with Crippen molar-refractivity contribution in [1.29, 1.82) is 0 Å². The van der Waals surface area contributed by atoms with Crippen molar-refractivity contribution >= 4 is 17.3 Å². The minimum absolute atomic E-state index is 0.300. The maximum absolute atomic E-state index is 11.7. The van der Waals surface area contributed by atoms with Crippen LogP contribution >= 0.6 is 11.3 Å². The van der Waals surface area contributed by atoms with E-state index in [1.807, 2.05) is 16.4 Å². The quantitative estimate of drug-likeness (QED) is 0.792. The zero-order valence-electron chi connectivity index (χ0n) is 12.6. The van der Waals surface area contributed by atoms with Crippen LogP contribution in [0.25, 0.3) is 0 Å². The van der Waals surface area contributed by atoms with Crippen LogP contribution in [0.1, 0.15) is 41.0 Å². The molecule has 1 saturated heterocycles. The lowest BCUT2D eigenvalue weighted by Gasteiger charge is -2.32. The SMILES string of the molecule is CCOC(=O)c1cnn([C@H]2CCCN(Cc3cncs3)C2)c1. The van der Waals surface area contributed by atoms with E-state index in [9.17, 15) is 4.79 Å². The fourth-order valence-corrected chi connectivity index (χ4v) is 3.42. The third kappa shape index (κ3) is 3.53. The van der Waals surface area contributed by atoms with Crippen molar-refractivity contribution in [1.82, 2.24) is 19.7 Å². The fraction of sp³-hybridized carbons (Fsp3) is 0.533. The summed E-state index contributed by atoms with van der Waals surface area (Å²) in [5.41, 5.74) is 2.40. The molecule has 1 aliphatic rings. The number of aromatic nitrogens is 3. The second-order valence-electron chi connectivity index (χ2n) is 5.43. The number of piperidine rings is 1. The van der Waals surface area contributed by atoms with E-state index in [-0.39, 0.29) is 5.97 Å². The molecule has 7 heteroatoms. The number of hydrogen-bond acceptors (Lipinski definition) is 6. The highest BCUT2D eigenvalue weighted by molar-refractivity contribution is 7.09. The Hall–Kier alpha value is -1.73. The second kappa shape index (κ2) is 7.02. The largest absolute Gasteiger partial charge is 0.462 e. The van der Waals surface area contributed by atoms with Crippen molar-refractivity contribution in [3.8, 4) is 0 Å². The molecule has 1 fully saturated rings. The highest BCUT2D eigenvalue weighted by Crippen LogP contribution is 2.23. The van der Waals surface area contributed by atoms with E-state index < -0.39 is 0 Å². The van der Waals surface area contributed by atoms with Gasteiger partial charge in [-0.1, -0.05) is 0 Å². The smallest absolute Gasteiger partial charge is 0.341 e. The monoisotopic (exact) mass is 320 g/mol. The number of carbonyl (C=O) groups is 1. The van der Waals surface area contributed by atoms with Gasteiger partial charge in [0.05, 0.1) is 29.9 Å². The molecule has 2 aromatic rings. The molecule has 118 valence electrons. The van der Waals surface area contributed by atoms with Crippen LogP contribution in [-0.4, -0.2) is 45.3 Å². The van der Waals surface area contributed by atoms with Crippen molar-refractivity contribution in [2.75, 3.05) is 19.7 Å². The highest BCUT2D eigenvalue weighted by Gasteiger charge is 2.23. The zero-order valence-corrected chi connectivity index (χ0v) is 13.5. The highest BCUT2D eigenvalue weighted by atomic mass is 32.1. The van der Waals surface area contributed by atoms with Gasteiger partial charge in [0.1, 0.15) is 0 Å². The molecule has 0 saturated carbocycles. The predicted molar refractivity (Wildman–Crippen MR) is 83.8 cm³/mol. The summed E-state index contributed by atoms with van der Waals surface area (Å²) in [6, 6.07) is 0.310. The van der Waals surface area contributed by atoms with E-state index >= 15 is 0 Å². The van der Waals surface area contributed by atoms with Gasteiger partial charge in [0.15, 0.2) is 0 Å². The van der Waals surface area contributed by atoms with Gasteiger partial charge in [-0.25, -0.2) is 4.79 Å². The summed E-state index contributed by atoms with van der Waals surface area (Å²) in [6.45, 7) is 5.17. The Balaban J connectivity index is 1.63. The van der Waals surface area contributed by atoms with E-state index in [0.29, 0.717) is 18.2 Å². The van der Waals surface area contributed by atoms with Gasteiger partial charge in [-0.05, 0) is 26.3 Å². The molecule has 0 N–H and O–H groups in total. The normalized spacial score (nSPS) is 19.2. The summed E-state index contributed by atoms with van der Waals surface area (Å²) in [5, 5.41) is 4.35. The number of likely N-dealkylation sites (tertiary alicyclic amines) is 1. The van der Waals surface area contributed by atoms with Gasteiger partial charge < -0.3 is 4.74 Å². The van der Waals surface area contributed by atoms with Crippen LogP contribution in [0.4, 0.5) is 0 Å². The molecule has 1 aliphatic heterocycles. The predicted octanol–water partition coefficient (Wildman–Crippen LogP) is 2.35. The number of ether oxygens (including phenoxy) is 1. The Bertz CT molecular complexity index is 611. The van der Waals surface area contributed by atoms with Gasteiger partial charge in [0, 0.05) is 30.4 Å².